The number of rotatable bonds is 4. The number of nitrogens with one attached hydrogen (secondary N) is 1. The van der Waals surface area contributed by atoms with Crippen LogP contribution in [-0.4, -0.2) is 33.0 Å². The zero-order valence-electron chi connectivity index (χ0n) is 6.72. The molecule has 0 aromatic carbocycles. The van der Waals surface area contributed by atoms with E-state index in [1.54, 1.807) is 0 Å². The Morgan fingerprint density at radius 3 is 2.92 bits per heavy atom. The van der Waals surface area contributed by atoms with Gasteiger partial charge in [-0.3, -0.25) is 0 Å². The van der Waals surface area contributed by atoms with Crippen LogP contribution in [0.5, 0.6) is 0 Å². The van der Waals surface area contributed by atoms with Crippen molar-refractivity contribution in [3.8, 4) is 9.85 Å². The number of hydrogen-bond acceptors (Lipinski definition) is 3. The first kappa shape index (κ1) is 11.5. The van der Waals surface area contributed by atoms with Gasteiger partial charge in [0.25, 0.3) is 0 Å². The molecule has 0 radical (unpaired) electrons. The normalized spacial score (nSPS) is 8.17. The van der Waals surface area contributed by atoms with Gasteiger partial charge in [-0.2, -0.15) is 0 Å². The van der Waals surface area contributed by atoms with E-state index in [0.29, 0.717) is 13.2 Å². The van der Waals surface area contributed by atoms with Crippen LogP contribution in [0.1, 0.15) is 0 Å². The molecule has 1 amide bonds. The van der Waals surface area contributed by atoms with Gasteiger partial charge in [0.2, 0.25) is 0 Å². The van der Waals surface area contributed by atoms with Crippen LogP contribution in [0.2, 0.25) is 0 Å². The van der Waals surface area contributed by atoms with Crippen LogP contribution in [0.4, 0.5) is 4.79 Å². The second-order valence-corrected chi connectivity index (χ2v) is 2.25. The molecule has 12 heavy (non-hydrogen) atoms. The molecule has 0 saturated heterocycles. The highest BCUT2D eigenvalue weighted by Crippen LogP contribution is 1.79. The van der Waals surface area contributed by atoms with Crippen LogP contribution in [0.25, 0.3) is 0 Å². The number of carbonyl (C=O) groups excluding carboxylic acids is 1. The van der Waals surface area contributed by atoms with Crippen molar-refractivity contribution in [1.82, 2.24) is 5.32 Å². The topological polar surface area (TPSA) is 47.6 Å². The standard InChI is InChI=1S/C7H10INO3/c1-9-7(10)12-6-5-11-4-2-3-8/h4-6H2,1H3,(H,9,10). The summed E-state index contributed by atoms with van der Waals surface area (Å²) in [7, 11) is 1.50. The van der Waals surface area contributed by atoms with Gasteiger partial charge in [-0.1, -0.05) is 5.92 Å². The molecule has 0 heterocycles. The maximum atomic E-state index is 10.5. The number of amides is 1. The van der Waals surface area contributed by atoms with Gasteiger partial charge in [0, 0.05) is 29.6 Å². The average molecular weight is 283 g/mol. The summed E-state index contributed by atoms with van der Waals surface area (Å²) in [6.45, 7) is 1.00. The molecule has 0 saturated carbocycles. The van der Waals surface area contributed by atoms with E-state index in [9.17, 15) is 4.79 Å². The average Bonchev–Trinajstić information content (AvgIpc) is 2.10. The Labute approximate surface area is 85.1 Å². The Bertz CT molecular complexity index is 185. The fourth-order valence-electron chi connectivity index (χ4n) is 0.416. The molecule has 0 aromatic heterocycles. The molecule has 68 valence electrons. The lowest BCUT2D eigenvalue weighted by molar-refractivity contribution is 0.0882. The fourth-order valence-corrected chi connectivity index (χ4v) is 0.572. The molecule has 0 aliphatic heterocycles. The monoisotopic (exact) mass is 283 g/mol. The Kier molecular flexibility index (Phi) is 8.27. The van der Waals surface area contributed by atoms with Gasteiger partial charge in [-0.15, -0.1) is 0 Å². The van der Waals surface area contributed by atoms with Gasteiger partial charge >= 0.3 is 6.09 Å². The lowest BCUT2D eigenvalue weighted by Gasteiger charge is -2.02. The molecule has 0 aliphatic rings. The van der Waals surface area contributed by atoms with Crippen molar-refractivity contribution in [3.05, 3.63) is 0 Å². The van der Waals surface area contributed by atoms with Crippen molar-refractivity contribution < 1.29 is 14.3 Å². The number of alkyl carbamates (subject to hydrolysis) is 1. The first-order valence-electron chi connectivity index (χ1n) is 3.32. The summed E-state index contributed by atoms with van der Waals surface area (Å²) in [6.07, 6.45) is -0.446. The molecule has 4 nitrogen and oxygen atoms in total. The molecule has 0 unspecified atom stereocenters. The van der Waals surface area contributed by atoms with Gasteiger partial charge in [0.05, 0.1) is 6.61 Å². The van der Waals surface area contributed by atoms with Crippen molar-refractivity contribution in [2.45, 2.75) is 0 Å². The number of halogens is 1. The summed E-state index contributed by atoms with van der Waals surface area (Å²) < 4.78 is 12.3. The lowest BCUT2D eigenvalue weighted by Crippen LogP contribution is -2.21. The zero-order chi connectivity index (χ0) is 9.23. The van der Waals surface area contributed by atoms with E-state index in [1.165, 1.54) is 7.05 Å². The molecular weight excluding hydrogens is 273 g/mol. The molecule has 0 spiro atoms. The highest BCUT2D eigenvalue weighted by atomic mass is 127. The van der Waals surface area contributed by atoms with Crippen LogP contribution in [-0.2, 0) is 9.47 Å². The second kappa shape index (κ2) is 8.62. The number of carbonyl (C=O) groups is 1. The first-order chi connectivity index (χ1) is 5.81. The highest BCUT2D eigenvalue weighted by Gasteiger charge is 1.94. The second-order valence-electron chi connectivity index (χ2n) is 1.71. The van der Waals surface area contributed by atoms with E-state index in [1.807, 2.05) is 22.6 Å². The van der Waals surface area contributed by atoms with Gasteiger partial charge in [-0.25, -0.2) is 4.79 Å². The molecular formula is C7H10INO3. The third kappa shape index (κ3) is 7.63. The SMILES string of the molecule is CNC(=O)OCCOCC#CI. The molecule has 0 rings (SSSR count). The van der Waals surface area contributed by atoms with Crippen LogP contribution in [0, 0.1) is 9.85 Å². The molecule has 5 heteroatoms. The van der Waals surface area contributed by atoms with Crippen molar-refractivity contribution in [3.63, 3.8) is 0 Å². The molecule has 0 atom stereocenters. The minimum atomic E-state index is -0.446. The minimum absolute atomic E-state index is 0.253. The minimum Gasteiger partial charge on any atom is -0.447 e. The first-order valence-corrected chi connectivity index (χ1v) is 4.40. The summed E-state index contributed by atoms with van der Waals surface area (Å²) in [5, 5.41) is 2.32. The zero-order valence-corrected chi connectivity index (χ0v) is 8.88. The Morgan fingerprint density at radius 1 is 1.58 bits per heavy atom. The molecule has 0 aliphatic carbocycles. The van der Waals surface area contributed by atoms with E-state index in [2.05, 4.69) is 19.9 Å². The maximum absolute atomic E-state index is 10.5. The van der Waals surface area contributed by atoms with Crippen LogP contribution >= 0.6 is 22.6 Å². The molecule has 0 fully saturated rings. The van der Waals surface area contributed by atoms with Crippen LogP contribution in [0.15, 0.2) is 0 Å². The van der Waals surface area contributed by atoms with Gasteiger partial charge < -0.3 is 14.8 Å². The molecule has 0 bridgehead atoms. The number of ether oxygens (including phenoxy) is 2. The van der Waals surface area contributed by atoms with E-state index in [4.69, 9.17) is 4.74 Å². The number of hydrogen-bond donors (Lipinski definition) is 1. The van der Waals surface area contributed by atoms with Crippen molar-refractivity contribution in [1.29, 1.82) is 0 Å². The summed E-state index contributed by atoms with van der Waals surface area (Å²) in [5.74, 6) is 2.71. The van der Waals surface area contributed by atoms with Crippen molar-refractivity contribution in [2.75, 3.05) is 26.9 Å². The van der Waals surface area contributed by atoms with Crippen molar-refractivity contribution in [2.24, 2.45) is 0 Å². The van der Waals surface area contributed by atoms with E-state index in [-0.39, 0.29) is 6.61 Å². The maximum Gasteiger partial charge on any atom is 0.406 e. The van der Waals surface area contributed by atoms with E-state index in [0.717, 1.165) is 0 Å². The van der Waals surface area contributed by atoms with E-state index < -0.39 is 6.09 Å². The van der Waals surface area contributed by atoms with Gasteiger partial charge in [0.1, 0.15) is 13.2 Å². The Balaban J connectivity index is 3.09. The largest absolute Gasteiger partial charge is 0.447 e. The Morgan fingerprint density at radius 2 is 2.33 bits per heavy atom. The van der Waals surface area contributed by atoms with E-state index >= 15 is 0 Å². The lowest BCUT2D eigenvalue weighted by atomic mass is 10.7. The highest BCUT2D eigenvalue weighted by molar-refractivity contribution is 14.1. The summed E-state index contributed by atoms with van der Waals surface area (Å²) >= 11 is 1.93. The van der Waals surface area contributed by atoms with Gasteiger partial charge in [-0.05, 0) is 3.93 Å². The third-order valence-corrected chi connectivity index (χ3v) is 1.29. The molecule has 0 aromatic rings. The predicted octanol–water partition coefficient (Wildman–Crippen LogP) is 0.755. The van der Waals surface area contributed by atoms with Crippen molar-refractivity contribution >= 4 is 28.7 Å². The van der Waals surface area contributed by atoms with Crippen LogP contribution in [0.3, 0.4) is 0 Å². The smallest absolute Gasteiger partial charge is 0.406 e. The Hall–Kier alpha value is -0.480. The summed E-state index contributed by atoms with van der Waals surface area (Å²) in [4.78, 5) is 10.5. The quantitative estimate of drug-likeness (QED) is 0.470. The fraction of sp³-hybridized carbons (Fsp3) is 0.571. The van der Waals surface area contributed by atoms with Gasteiger partial charge in [0.15, 0.2) is 0 Å². The summed E-state index contributed by atoms with van der Waals surface area (Å²) in [6, 6.07) is 0. The third-order valence-electron chi connectivity index (χ3n) is 0.906. The summed E-state index contributed by atoms with van der Waals surface area (Å²) in [5.41, 5.74) is 0. The van der Waals surface area contributed by atoms with Crippen LogP contribution < -0.4 is 5.32 Å². The predicted molar refractivity (Wildman–Crippen MR) is 53.0 cm³/mol. The molecule has 1 N–H and O–H groups in total.